The lowest BCUT2D eigenvalue weighted by Gasteiger charge is -2.22. The second kappa shape index (κ2) is 5.35. The Labute approximate surface area is 120 Å². The monoisotopic (exact) mass is 290 g/mol. The van der Waals surface area contributed by atoms with Crippen molar-refractivity contribution in [2.75, 3.05) is 5.75 Å². The zero-order valence-corrected chi connectivity index (χ0v) is 12.2. The van der Waals surface area contributed by atoms with Gasteiger partial charge in [-0.05, 0) is 31.2 Å². The largest absolute Gasteiger partial charge is 0.319 e. The second-order valence-corrected chi connectivity index (χ2v) is 6.84. The van der Waals surface area contributed by atoms with Crippen molar-refractivity contribution >= 4 is 29.0 Å². The zero-order valence-electron chi connectivity index (χ0n) is 10.6. The van der Waals surface area contributed by atoms with Gasteiger partial charge in [0.2, 0.25) is 5.91 Å². The van der Waals surface area contributed by atoms with Gasteiger partial charge in [0.1, 0.15) is 5.37 Å². The maximum Gasteiger partial charge on any atom is 0.234 e. The van der Waals surface area contributed by atoms with E-state index in [1.165, 1.54) is 9.75 Å². The smallest absolute Gasteiger partial charge is 0.234 e. The van der Waals surface area contributed by atoms with Crippen LogP contribution in [0.2, 0.25) is 0 Å². The lowest BCUT2D eigenvalue weighted by Crippen LogP contribution is -2.27. The summed E-state index contributed by atoms with van der Waals surface area (Å²) in [6.07, 6.45) is 1.77. The number of rotatable bonds is 3. The third-order valence-electron chi connectivity index (χ3n) is 3.03. The maximum atomic E-state index is 12.1. The molecule has 0 bridgehead atoms. The first-order valence-corrected chi connectivity index (χ1v) is 7.98. The molecule has 1 unspecified atom stereocenters. The summed E-state index contributed by atoms with van der Waals surface area (Å²) >= 11 is 3.47. The topological polar surface area (TPSA) is 33.2 Å². The van der Waals surface area contributed by atoms with E-state index in [-0.39, 0.29) is 11.3 Å². The summed E-state index contributed by atoms with van der Waals surface area (Å²) in [6.45, 7) is 2.69. The van der Waals surface area contributed by atoms with Crippen LogP contribution >= 0.6 is 23.1 Å². The molecule has 1 atom stereocenters. The van der Waals surface area contributed by atoms with Crippen LogP contribution in [-0.2, 0) is 11.3 Å². The number of aryl methyl sites for hydroxylation is 1. The van der Waals surface area contributed by atoms with Gasteiger partial charge in [0.25, 0.3) is 0 Å². The van der Waals surface area contributed by atoms with Gasteiger partial charge in [-0.15, -0.1) is 23.1 Å². The van der Waals surface area contributed by atoms with E-state index >= 15 is 0 Å². The molecule has 0 spiro atoms. The van der Waals surface area contributed by atoms with E-state index in [2.05, 4.69) is 24.0 Å². The third-order valence-corrected chi connectivity index (χ3v) is 5.47. The number of nitrogens with zero attached hydrogens (tertiary/aromatic N) is 2. The summed E-state index contributed by atoms with van der Waals surface area (Å²) in [5.41, 5.74) is 0.941. The lowest BCUT2D eigenvalue weighted by atomic mass is 10.3. The molecule has 0 N–H and O–H groups in total. The standard InChI is InChI=1S/C14H14N2OS2/c1-10-5-6-12(19-10)14-16(13(17)9-18-14)8-11-4-2-3-7-15-11/h2-7,14H,8-9H2,1H3. The van der Waals surface area contributed by atoms with E-state index < -0.39 is 0 Å². The molecule has 1 aliphatic heterocycles. The lowest BCUT2D eigenvalue weighted by molar-refractivity contribution is -0.128. The quantitative estimate of drug-likeness (QED) is 0.870. The van der Waals surface area contributed by atoms with E-state index in [4.69, 9.17) is 0 Å². The molecule has 1 saturated heterocycles. The average Bonchev–Trinajstić information content (AvgIpc) is 2.99. The molecule has 5 heteroatoms. The highest BCUT2D eigenvalue weighted by molar-refractivity contribution is 8.00. The maximum absolute atomic E-state index is 12.1. The Morgan fingerprint density at radius 3 is 2.95 bits per heavy atom. The van der Waals surface area contributed by atoms with Crippen molar-refractivity contribution in [3.63, 3.8) is 0 Å². The molecule has 2 aromatic heterocycles. The molecule has 3 heterocycles. The van der Waals surface area contributed by atoms with Gasteiger partial charge in [0.05, 0.1) is 18.0 Å². The molecule has 1 aliphatic rings. The van der Waals surface area contributed by atoms with E-state index in [0.717, 1.165) is 5.69 Å². The van der Waals surface area contributed by atoms with Crippen molar-refractivity contribution in [1.82, 2.24) is 9.88 Å². The van der Waals surface area contributed by atoms with Crippen molar-refractivity contribution in [3.8, 4) is 0 Å². The van der Waals surface area contributed by atoms with Gasteiger partial charge >= 0.3 is 0 Å². The average molecular weight is 290 g/mol. The molecule has 0 aliphatic carbocycles. The Morgan fingerprint density at radius 2 is 2.26 bits per heavy atom. The highest BCUT2D eigenvalue weighted by atomic mass is 32.2. The summed E-state index contributed by atoms with van der Waals surface area (Å²) < 4.78 is 0. The molecule has 1 fully saturated rings. The molecule has 2 aromatic rings. The fraction of sp³-hybridized carbons (Fsp3) is 0.286. The van der Waals surface area contributed by atoms with Crippen LogP contribution in [0.5, 0.6) is 0 Å². The van der Waals surface area contributed by atoms with Crippen LogP contribution in [0.1, 0.15) is 20.8 Å². The van der Waals surface area contributed by atoms with Crippen molar-refractivity contribution < 1.29 is 4.79 Å². The number of aromatic nitrogens is 1. The Kier molecular flexibility index (Phi) is 3.57. The molecular weight excluding hydrogens is 276 g/mol. The molecule has 3 rings (SSSR count). The third kappa shape index (κ3) is 2.67. The van der Waals surface area contributed by atoms with E-state index in [1.54, 1.807) is 29.3 Å². The van der Waals surface area contributed by atoms with Gasteiger partial charge < -0.3 is 4.90 Å². The number of carbonyl (C=O) groups excluding carboxylic acids is 1. The summed E-state index contributed by atoms with van der Waals surface area (Å²) in [6, 6.07) is 10.1. The highest BCUT2D eigenvalue weighted by Crippen LogP contribution is 2.41. The predicted octanol–water partition coefficient (Wildman–Crippen LogP) is 3.23. The number of amides is 1. The van der Waals surface area contributed by atoms with Crippen LogP contribution in [0.3, 0.4) is 0 Å². The normalized spacial score (nSPS) is 19.1. The number of pyridine rings is 1. The van der Waals surface area contributed by atoms with Crippen molar-refractivity contribution in [3.05, 3.63) is 52.0 Å². The van der Waals surface area contributed by atoms with Gasteiger partial charge in [0.15, 0.2) is 0 Å². The second-order valence-electron chi connectivity index (χ2n) is 4.45. The molecule has 3 nitrogen and oxygen atoms in total. The van der Waals surface area contributed by atoms with Crippen LogP contribution in [0.15, 0.2) is 36.5 Å². The Balaban J connectivity index is 1.83. The first-order chi connectivity index (χ1) is 9.24. The highest BCUT2D eigenvalue weighted by Gasteiger charge is 2.33. The van der Waals surface area contributed by atoms with Gasteiger partial charge in [-0.25, -0.2) is 0 Å². The SMILES string of the molecule is Cc1ccc(C2SCC(=O)N2Cc2ccccn2)s1. The van der Waals surface area contributed by atoms with Crippen molar-refractivity contribution in [1.29, 1.82) is 0 Å². The van der Waals surface area contributed by atoms with Crippen LogP contribution in [0.25, 0.3) is 0 Å². The van der Waals surface area contributed by atoms with Gasteiger partial charge in [-0.2, -0.15) is 0 Å². The van der Waals surface area contributed by atoms with E-state index in [9.17, 15) is 4.79 Å². The molecule has 0 saturated carbocycles. The number of thioether (sulfide) groups is 1. The first-order valence-electron chi connectivity index (χ1n) is 6.11. The molecule has 98 valence electrons. The van der Waals surface area contributed by atoms with Gasteiger partial charge in [-0.3, -0.25) is 9.78 Å². The number of hydrogen-bond acceptors (Lipinski definition) is 4. The summed E-state index contributed by atoms with van der Waals surface area (Å²) in [4.78, 5) is 20.8. The minimum atomic E-state index is 0.146. The van der Waals surface area contributed by atoms with Gasteiger partial charge in [0, 0.05) is 16.0 Å². The summed E-state index contributed by atoms with van der Waals surface area (Å²) in [5.74, 6) is 0.765. The molecule has 1 amide bonds. The Morgan fingerprint density at radius 1 is 1.37 bits per heavy atom. The Bertz CT molecular complexity index is 582. The summed E-state index contributed by atoms with van der Waals surface area (Å²) in [7, 11) is 0. The zero-order chi connectivity index (χ0) is 13.2. The van der Waals surface area contributed by atoms with Crippen molar-refractivity contribution in [2.45, 2.75) is 18.8 Å². The van der Waals surface area contributed by atoms with Crippen molar-refractivity contribution in [2.24, 2.45) is 0 Å². The minimum Gasteiger partial charge on any atom is -0.319 e. The van der Waals surface area contributed by atoms with E-state index in [0.29, 0.717) is 12.3 Å². The number of thiophene rings is 1. The number of carbonyl (C=O) groups is 1. The fourth-order valence-corrected chi connectivity index (χ4v) is 4.41. The molecule has 0 aromatic carbocycles. The summed E-state index contributed by atoms with van der Waals surface area (Å²) in [5, 5.41) is 0.146. The molecule has 19 heavy (non-hydrogen) atoms. The molecular formula is C14H14N2OS2. The van der Waals surface area contributed by atoms with Crippen LogP contribution < -0.4 is 0 Å². The molecule has 0 radical (unpaired) electrons. The van der Waals surface area contributed by atoms with Gasteiger partial charge in [-0.1, -0.05) is 6.07 Å². The minimum absolute atomic E-state index is 0.146. The predicted molar refractivity (Wildman–Crippen MR) is 79.0 cm³/mol. The number of hydrogen-bond donors (Lipinski definition) is 0. The Hall–Kier alpha value is -1.33. The fourth-order valence-electron chi connectivity index (χ4n) is 2.11. The van der Waals surface area contributed by atoms with E-state index in [1.807, 2.05) is 23.1 Å². The van der Waals surface area contributed by atoms with Crippen LogP contribution in [0.4, 0.5) is 0 Å². The van der Waals surface area contributed by atoms with Crippen LogP contribution in [0, 0.1) is 6.92 Å². The first kappa shape index (κ1) is 12.7. The van der Waals surface area contributed by atoms with Crippen LogP contribution in [-0.4, -0.2) is 21.5 Å².